The zero-order chi connectivity index (χ0) is 9.84. The van der Waals surface area contributed by atoms with E-state index in [9.17, 15) is 4.79 Å². The van der Waals surface area contributed by atoms with Gasteiger partial charge >= 0.3 is 0 Å². The topological polar surface area (TPSA) is 29.1 Å². The fourth-order valence-corrected chi connectivity index (χ4v) is 1.96. The monoisotopic (exact) mass is 233 g/mol. The number of carbonyl (C=O) groups excluding carboxylic acids is 1. The molecule has 0 spiro atoms. The second-order valence-corrected chi connectivity index (χ2v) is 4.18. The maximum atomic E-state index is 11.3. The summed E-state index contributed by atoms with van der Waals surface area (Å²) in [6.45, 7) is 0.200. The lowest BCUT2D eigenvalue weighted by molar-refractivity contribution is 0.0963. The van der Waals surface area contributed by atoms with Gasteiger partial charge in [0.15, 0.2) is 0 Å². The highest BCUT2D eigenvalue weighted by molar-refractivity contribution is 7.18. The van der Waals surface area contributed by atoms with E-state index >= 15 is 0 Å². The smallest absolute Gasteiger partial charge is 0.262 e. The summed E-state index contributed by atoms with van der Waals surface area (Å²) in [5.74, 6) is 2.04. The summed E-state index contributed by atoms with van der Waals surface area (Å²) in [4.78, 5) is 11.7. The molecule has 1 heterocycles. The van der Waals surface area contributed by atoms with Crippen molar-refractivity contribution in [3.63, 3.8) is 0 Å². The molecule has 0 aliphatic heterocycles. The molecule has 13 heavy (non-hydrogen) atoms. The highest BCUT2D eigenvalue weighted by Gasteiger charge is 2.11. The summed E-state index contributed by atoms with van der Waals surface area (Å²) in [7, 11) is 0. The molecule has 0 aliphatic carbocycles. The van der Waals surface area contributed by atoms with Gasteiger partial charge in [-0.15, -0.1) is 17.8 Å². The number of nitrogens with one attached hydrogen (secondary N) is 1. The van der Waals surface area contributed by atoms with Crippen molar-refractivity contribution in [2.75, 3.05) is 6.54 Å². The van der Waals surface area contributed by atoms with Crippen molar-refractivity contribution in [1.29, 1.82) is 0 Å². The van der Waals surface area contributed by atoms with Crippen LogP contribution in [0, 0.1) is 12.3 Å². The minimum Gasteiger partial charge on any atom is -0.340 e. The maximum Gasteiger partial charge on any atom is 0.262 e. The first-order valence-electron chi connectivity index (χ1n) is 3.31. The lowest BCUT2D eigenvalue weighted by Gasteiger charge is -1.95. The zero-order valence-corrected chi connectivity index (χ0v) is 8.76. The van der Waals surface area contributed by atoms with Crippen LogP contribution in [0.25, 0.3) is 0 Å². The second-order valence-electron chi connectivity index (χ2n) is 2.12. The lowest BCUT2D eigenvalue weighted by Crippen LogP contribution is -2.22. The molecule has 2 nitrogen and oxygen atoms in total. The Hall–Kier alpha value is -0.690. The van der Waals surface area contributed by atoms with Gasteiger partial charge in [-0.2, -0.15) is 0 Å². The second kappa shape index (κ2) is 4.52. The Morgan fingerprint density at radius 1 is 1.69 bits per heavy atom. The van der Waals surface area contributed by atoms with Crippen LogP contribution in [0.1, 0.15) is 9.67 Å². The van der Waals surface area contributed by atoms with E-state index in [0.717, 1.165) is 11.3 Å². The third kappa shape index (κ3) is 2.63. The largest absolute Gasteiger partial charge is 0.340 e. The molecule has 0 radical (unpaired) electrons. The van der Waals surface area contributed by atoms with Crippen LogP contribution in [0.5, 0.6) is 0 Å². The van der Waals surface area contributed by atoms with E-state index in [-0.39, 0.29) is 12.5 Å². The fourth-order valence-electron chi connectivity index (χ4n) is 0.677. The number of terminal acetylenes is 1. The molecule has 0 unspecified atom stereocenters. The minimum atomic E-state index is -0.253. The first-order chi connectivity index (χ1) is 6.15. The summed E-state index contributed by atoms with van der Waals surface area (Å²) < 4.78 is 0.410. The Morgan fingerprint density at radius 3 is 2.85 bits per heavy atom. The standard InChI is InChI=1S/C8H5Cl2NOS/c1-2-3-11-8(12)6-4-5(9)7(10)13-6/h1,4H,3H2,(H,11,12). The predicted molar refractivity (Wildman–Crippen MR) is 55.5 cm³/mol. The van der Waals surface area contributed by atoms with Crippen LogP contribution in [0.4, 0.5) is 0 Å². The zero-order valence-electron chi connectivity index (χ0n) is 6.43. The van der Waals surface area contributed by atoms with Crippen LogP contribution >= 0.6 is 34.5 Å². The molecule has 68 valence electrons. The summed E-state index contributed by atoms with van der Waals surface area (Å²) in [5.41, 5.74) is 0. The SMILES string of the molecule is C#CCNC(=O)c1cc(Cl)c(Cl)s1. The highest BCUT2D eigenvalue weighted by atomic mass is 35.5. The number of hydrogen-bond donors (Lipinski definition) is 1. The highest BCUT2D eigenvalue weighted by Crippen LogP contribution is 2.31. The van der Waals surface area contributed by atoms with Crippen molar-refractivity contribution in [2.24, 2.45) is 0 Å². The molecule has 0 saturated heterocycles. The van der Waals surface area contributed by atoms with Crippen molar-refractivity contribution in [3.05, 3.63) is 20.3 Å². The van der Waals surface area contributed by atoms with Crippen LogP contribution in [0.2, 0.25) is 9.36 Å². The number of amides is 1. The Kier molecular flexibility index (Phi) is 3.61. The Morgan fingerprint density at radius 2 is 2.38 bits per heavy atom. The summed E-state index contributed by atoms with van der Waals surface area (Å²) in [6, 6.07) is 1.51. The van der Waals surface area contributed by atoms with Crippen molar-refractivity contribution in [3.8, 4) is 12.3 Å². The van der Waals surface area contributed by atoms with E-state index in [2.05, 4.69) is 11.2 Å². The van der Waals surface area contributed by atoms with E-state index < -0.39 is 0 Å². The van der Waals surface area contributed by atoms with Crippen LogP contribution in [-0.2, 0) is 0 Å². The summed E-state index contributed by atoms with van der Waals surface area (Å²) in [6.07, 6.45) is 4.98. The Labute approximate surface area is 89.8 Å². The Balaban J connectivity index is 2.73. The molecular formula is C8H5Cl2NOS. The van der Waals surface area contributed by atoms with Crippen molar-refractivity contribution < 1.29 is 4.79 Å². The van der Waals surface area contributed by atoms with Crippen molar-refractivity contribution in [1.82, 2.24) is 5.32 Å². The van der Waals surface area contributed by atoms with Gasteiger partial charge in [-0.25, -0.2) is 0 Å². The van der Waals surface area contributed by atoms with Crippen LogP contribution < -0.4 is 5.32 Å². The van der Waals surface area contributed by atoms with Crippen LogP contribution in [-0.4, -0.2) is 12.5 Å². The van der Waals surface area contributed by atoms with Gasteiger partial charge in [0.05, 0.1) is 16.4 Å². The van der Waals surface area contributed by atoms with E-state index in [1.165, 1.54) is 6.07 Å². The third-order valence-electron chi connectivity index (χ3n) is 1.22. The van der Waals surface area contributed by atoms with Gasteiger partial charge in [0, 0.05) is 0 Å². The van der Waals surface area contributed by atoms with Crippen molar-refractivity contribution >= 4 is 40.4 Å². The normalized spacial score (nSPS) is 9.31. The Bertz CT molecular complexity index is 347. The molecule has 1 rings (SSSR count). The first-order valence-corrected chi connectivity index (χ1v) is 4.89. The molecule has 5 heteroatoms. The average molecular weight is 234 g/mol. The predicted octanol–water partition coefficient (Wildman–Crippen LogP) is 2.42. The van der Waals surface area contributed by atoms with Gasteiger partial charge in [0.2, 0.25) is 0 Å². The third-order valence-corrected chi connectivity index (χ3v) is 3.08. The quantitative estimate of drug-likeness (QED) is 0.782. The van der Waals surface area contributed by atoms with Gasteiger partial charge in [-0.05, 0) is 6.07 Å². The average Bonchev–Trinajstić information content (AvgIpc) is 2.43. The summed E-state index contributed by atoms with van der Waals surface area (Å²) >= 11 is 12.5. The van der Waals surface area contributed by atoms with Gasteiger partial charge < -0.3 is 5.32 Å². The van der Waals surface area contributed by atoms with E-state index in [1.54, 1.807) is 0 Å². The molecule has 0 atom stereocenters. The molecule has 0 aromatic carbocycles. The maximum absolute atomic E-state index is 11.3. The first kappa shape index (κ1) is 10.4. The number of carbonyl (C=O) groups is 1. The molecule has 0 bridgehead atoms. The van der Waals surface area contributed by atoms with Crippen LogP contribution in [0.3, 0.4) is 0 Å². The molecule has 1 aromatic heterocycles. The van der Waals surface area contributed by atoms with Gasteiger partial charge in [0.25, 0.3) is 5.91 Å². The molecular weight excluding hydrogens is 229 g/mol. The van der Waals surface area contributed by atoms with Gasteiger partial charge in [0.1, 0.15) is 4.34 Å². The molecule has 0 fully saturated rings. The summed E-state index contributed by atoms with van der Waals surface area (Å²) in [5, 5.41) is 2.89. The molecule has 1 aromatic rings. The van der Waals surface area contributed by atoms with E-state index in [1.807, 2.05) is 0 Å². The molecule has 0 saturated carbocycles. The van der Waals surface area contributed by atoms with E-state index in [0.29, 0.717) is 14.2 Å². The lowest BCUT2D eigenvalue weighted by atomic mass is 10.4. The van der Waals surface area contributed by atoms with Gasteiger partial charge in [-0.1, -0.05) is 29.1 Å². The minimum absolute atomic E-state index is 0.200. The number of hydrogen-bond acceptors (Lipinski definition) is 2. The molecule has 1 amide bonds. The molecule has 1 N–H and O–H groups in total. The van der Waals surface area contributed by atoms with Crippen molar-refractivity contribution in [2.45, 2.75) is 0 Å². The van der Waals surface area contributed by atoms with Crippen LogP contribution in [0.15, 0.2) is 6.07 Å². The number of rotatable bonds is 2. The number of halogens is 2. The molecule has 0 aliphatic rings. The number of thiophene rings is 1. The van der Waals surface area contributed by atoms with Gasteiger partial charge in [-0.3, -0.25) is 4.79 Å². The fraction of sp³-hybridized carbons (Fsp3) is 0.125. The van der Waals surface area contributed by atoms with E-state index in [4.69, 9.17) is 29.6 Å².